The number of hydrogen-bond donors (Lipinski definition) is 0. The maximum absolute atomic E-state index is 13.2. The van der Waals surface area contributed by atoms with Gasteiger partial charge in [0.25, 0.3) is 11.5 Å². The highest BCUT2D eigenvalue weighted by Crippen LogP contribution is 2.30. The monoisotopic (exact) mass is 445 g/mol. The van der Waals surface area contributed by atoms with Crippen LogP contribution in [0.3, 0.4) is 0 Å². The van der Waals surface area contributed by atoms with Crippen molar-refractivity contribution in [1.82, 2.24) is 14.5 Å². The molecule has 4 rings (SSSR count). The number of hydrogen-bond acceptors (Lipinski definition) is 5. The van der Waals surface area contributed by atoms with E-state index in [1.165, 1.54) is 11.3 Å². The molecule has 8 heteroatoms. The minimum atomic E-state index is -0.142. The molecule has 0 bridgehead atoms. The minimum absolute atomic E-state index is 0.0242. The number of benzene rings is 1. The van der Waals surface area contributed by atoms with Gasteiger partial charge in [-0.1, -0.05) is 18.0 Å². The number of fused-ring (bicyclic) bond motifs is 2. The van der Waals surface area contributed by atoms with E-state index in [0.717, 1.165) is 37.1 Å². The fourth-order valence-electron chi connectivity index (χ4n) is 3.99. The molecule has 0 saturated heterocycles. The number of aryl methyl sites for hydroxylation is 2. The Morgan fingerprint density at radius 1 is 1.33 bits per heavy atom. The van der Waals surface area contributed by atoms with Crippen LogP contribution < -0.4 is 10.3 Å². The normalized spacial score (nSPS) is 13.7. The van der Waals surface area contributed by atoms with Crippen LogP contribution in [-0.2, 0) is 19.5 Å². The minimum Gasteiger partial charge on any atom is -0.496 e. The topological polar surface area (TPSA) is 64.4 Å². The average Bonchev–Trinajstić information content (AvgIpc) is 2.89. The summed E-state index contributed by atoms with van der Waals surface area (Å²) in [4.78, 5) is 34.0. The Labute approximate surface area is 184 Å². The highest BCUT2D eigenvalue weighted by atomic mass is 35.5. The third kappa shape index (κ3) is 3.72. The van der Waals surface area contributed by atoms with Gasteiger partial charge in [-0.3, -0.25) is 14.2 Å². The molecule has 1 amide bonds. The quantitative estimate of drug-likeness (QED) is 0.596. The highest BCUT2D eigenvalue weighted by Gasteiger charge is 2.24. The van der Waals surface area contributed by atoms with Crippen LogP contribution in [-0.4, -0.2) is 34.5 Å². The molecule has 30 heavy (non-hydrogen) atoms. The van der Waals surface area contributed by atoms with Crippen molar-refractivity contribution < 1.29 is 9.53 Å². The average molecular weight is 446 g/mol. The molecule has 2 aromatic heterocycles. The predicted octanol–water partition coefficient (Wildman–Crippen LogP) is 4.43. The van der Waals surface area contributed by atoms with Crippen LogP contribution in [0.25, 0.3) is 10.2 Å². The number of amides is 1. The molecule has 3 aromatic rings. The third-order valence-electron chi connectivity index (χ3n) is 5.60. The Morgan fingerprint density at radius 2 is 2.13 bits per heavy atom. The standard InChI is InChI=1S/C22H24ClN3O3S/c1-13-18-20(24-17-7-5-4-6-10-26(17)21(18)27)30-19(13)22(28)25(2)12-14-11-15(23)8-9-16(14)29-3/h8-9,11H,4-7,10,12H2,1-3H3. The van der Waals surface area contributed by atoms with Crippen molar-refractivity contribution >= 4 is 39.1 Å². The number of thiophene rings is 1. The summed E-state index contributed by atoms with van der Waals surface area (Å²) in [6, 6.07) is 5.34. The third-order valence-corrected chi connectivity index (χ3v) is 7.01. The molecule has 0 N–H and O–H groups in total. The smallest absolute Gasteiger partial charge is 0.264 e. The maximum atomic E-state index is 13.2. The second-order valence-corrected chi connectivity index (χ2v) is 9.08. The molecule has 0 atom stereocenters. The fourth-order valence-corrected chi connectivity index (χ4v) is 5.37. The van der Waals surface area contributed by atoms with Gasteiger partial charge in [-0.15, -0.1) is 11.3 Å². The number of methoxy groups -OCH3 is 1. The molecule has 1 aliphatic heterocycles. The first-order valence-electron chi connectivity index (χ1n) is 10.0. The van der Waals surface area contributed by atoms with E-state index in [1.54, 1.807) is 41.8 Å². The zero-order chi connectivity index (χ0) is 21.4. The van der Waals surface area contributed by atoms with E-state index in [4.69, 9.17) is 21.3 Å². The Morgan fingerprint density at radius 3 is 2.90 bits per heavy atom. The molecule has 3 heterocycles. The predicted molar refractivity (Wildman–Crippen MR) is 120 cm³/mol. The van der Waals surface area contributed by atoms with Gasteiger partial charge in [0.1, 0.15) is 16.4 Å². The zero-order valence-electron chi connectivity index (χ0n) is 17.3. The van der Waals surface area contributed by atoms with Crippen molar-refractivity contribution in [2.75, 3.05) is 14.2 Å². The molecule has 1 aliphatic rings. The molecule has 0 spiro atoms. The summed E-state index contributed by atoms with van der Waals surface area (Å²) in [7, 11) is 3.33. The fraction of sp³-hybridized carbons (Fsp3) is 0.409. The van der Waals surface area contributed by atoms with Crippen molar-refractivity contribution in [3.05, 3.63) is 55.4 Å². The lowest BCUT2D eigenvalue weighted by Gasteiger charge is -2.19. The van der Waals surface area contributed by atoms with Gasteiger partial charge in [0.2, 0.25) is 0 Å². The number of ether oxygens (including phenoxy) is 1. The van der Waals surface area contributed by atoms with Crippen molar-refractivity contribution in [2.45, 2.75) is 45.7 Å². The summed E-state index contributed by atoms with van der Waals surface area (Å²) in [6.07, 6.45) is 3.94. The van der Waals surface area contributed by atoms with Gasteiger partial charge in [-0.2, -0.15) is 0 Å². The van der Waals surface area contributed by atoms with E-state index >= 15 is 0 Å². The highest BCUT2D eigenvalue weighted by molar-refractivity contribution is 7.20. The second-order valence-electron chi connectivity index (χ2n) is 7.65. The van der Waals surface area contributed by atoms with E-state index in [1.807, 2.05) is 6.92 Å². The lowest BCUT2D eigenvalue weighted by molar-refractivity contribution is 0.0788. The van der Waals surface area contributed by atoms with Crippen LogP contribution in [0.2, 0.25) is 5.02 Å². The van der Waals surface area contributed by atoms with Crippen LogP contribution >= 0.6 is 22.9 Å². The van der Waals surface area contributed by atoms with Gasteiger partial charge in [0.05, 0.1) is 17.4 Å². The first kappa shape index (κ1) is 20.9. The van der Waals surface area contributed by atoms with E-state index in [0.29, 0.717) is 44.5 Å². The van der Waals surface area contributed by atoms with Crippen LogP contribution in [0.15, 0.2) is 23.0 Å². The summed E-state index contributed by atoms with van der Waals surface area (Å²) >= 11 is 7.43. The molecule has 0 saturated carbocycles. The molecular formula is C22H24ClN3O3S. The molecule has 6 nitrogen and oxygen atoms in total. The van der Waals surface area contributed by atoms with Crippen LogP contribution in [0.4, 0.5) is 0 Å². The Bertz CT molecular complexity index is 1180. The van der Waals surface area contributed by atoms with Crippen molar-refractivity contribution in [1.29, 1.82) is 0 Å². The summed E-state index contributed by atoms with van der Waals surface area (Å²) < 4.78 is 7.19. The Hall–Kier alpha value is -2.38. The number of carbonyl (C=O) groups excluding carboxylic acids is 1. The van der Waals surface area contributed by atoms with Gasteiger partial charge in [-0.05, 0) is 43.5 Å². The summed E-state index contributed by atoms with van der Waals surface area (Å²) in [5.41, 5.74) is 1.51. The number of carbonyl (C=O) groups is 1. The Kier molecular flexibility index (Phi) is 5.84. The molecular weight excluding hydrogens is 422 g/mol. The van der Waals surface area contributed by atoms with Crippen molar-refractivity contribution in [2.24, 2.45) is 0 Å². The summed E-state index contributed by atoms with van der Waals surface area (Å²) in [5.74, 6) is 1.37. The molecule has 158 valence electrons. The van der Waals surface area contributed by atoms with Gasteiger partial charge >= 0.3 is 0 Å². The van der Waals surface area contributed by atoms with E-state index in [2.05, 4.69) is 0 Å². The lowest BCUT2D eigenvalue weighted by atomic mass is 10.1. The Balaban J connectivity index is 1.70. The zero-order valence-corrected chi connectivity index (χ0v) is 18.9. The first-order chi connectivity index (χ1) is 14.4. The number of aromatic nitrogens is 2. The second kappa shape index (κ2) is 8.40. The maximum Gasteiger partial charge on any atom is 0.264 e. The number of nitrogens with zero attached hydrogens (tertiary/aromatic N) is 3. The van der Waals surface area contributed by atoms with Gasteiger partial charge in [-0.25, -0.2) is 4.98 Å². The molecule has 0 aliphatic carbocycles. The van der Waals surface area contributed by atoms with Gasteiger partial charge < -0.3 is 9.64 Å². The van der Waals surface area contributed by atoms with Crippen LogP contribution in [0, 0.1) is 6.92 Å². The number of rotatable bonds is 4. The summed E-state index contributed by atoms with van der Waals surface area (Å²) in [6.45, 7) is 2.88. The largest absolute Gasteiger partial charge is 0.496 e. The first-order valence-corrected chi connectivity index (χ1v) is 11.2. The molecule has 1 aromatic carbocycles. The SMILES string of the molecule is COc1ccc(Cl)cc1CN(C)C(=O)c1sc2nc3n(c(=O)c2c1C)CCCCC3. The van der Waals surface area contributed by atoms with E-state index in [-0.39, 0.29) is 11.5 Å². The van der Waals surface area contributed by atoms with E-state index in [9.17, 15) is 9.59 Å². The lowest BCUT2D eigenvalue weighted by Crippen LogP contribution is -2.26. The van der Waals surface area contributed by atoms with Crippen LogP contribution in [0.5, 0.6) is 5.75 Å². The van der Waals surface area contributed by atoms with Gasteiger partial charge in [0.15, 0.2) is 0 Å². The molecule has 0 radical (unpaired) electrons. The van der Waals surface area contributed by atoms with E-state index < -0.39 is 0 Å². The van der Waals surface area contributed by atoms with Crippen molar-refractivity contribution in [3.8, 4) is 5.75 Å². The summed E-state index contributed by atoms with van der Waals surface area (Å²) in [5, 5.41) is 1.16. The molecule has 0 unspecified atom stereocenters. The van der Waals surface area contributed by atoms with Gasteiger partial charge in [0, 0.05) is 37.1 Å². The van der Waals surface area contributed by atoms with Crippen LogP contribution in [0.1, 0.15) is 45.9 Å². The number of halogens is 1. The molecule has 0 fully saturated rings. The van der Waals surface area contributed by atoms with Crippen molar-refractivity contribution in [3.63, 3.8) is 0 Å².